The molecule has 61 heavy (non-hydrogen) atoms. The number of esters is 1. The van der Waals surface area contributed by atoms with Crippen molar-refractivity contribution >= 4 is 35.6 Å². The topological polar surface area (TPSA) is 208 Å². The average molecular weight is 859 g/mol. The first-order valence-electron chi connectivity index (χ1n) is 22.4. The largest absolute Gasteiger partial charge is 0.480 e. The Morgan fingerprint density at radius 1 is 1.02 bits per heavy atom. The third-order valence-corrected chi connectivity index (χ3v) is 14.0. The number of aliphatic hydroxyl groups is 2. The molecule has 4 heterocycles. The molecular formula is C46H70N2O13. The fourth-order valence-electron chi connectivity index (χ4n) is 10.5. The van der Waals surface area contributed by atoms with E-state index in [1.54, 1.807) is 13.8 Å². The Kier molecular flexibility index (Phi) is 16.7. The van der Waals surface area contributed by atoms with Crippen LogP contribution < -0.4 is 0 Å². The Hall–Kier alpha value is -3.34. The van der Waals surface area contributed by atoms with Gasteiger partial charge in [0.1, 0.15) is 24.6 Å². The standard InChI is InChI=1S/C46H70N2O13/c1-9-32-23-31(12-13-36(32)59-25-39(51)52)21-28(4)40-30(6)34(49)24-35(50)33-14-16-47-45(44(55)60-40)15-10-11-17-48(45)43(54)42(53)46(56)29(5)22-38(58-8)41(61-46)37(57-7)20-27(3)18-26(2)19-33/h16,19,21,27,29-34,36-38,40-41,49,56H,9-15,17-18,20,22-25H2,1-8H3,(H,51,52)/b26-19+,28-21+,47-16-/t27-,29+,30+,31-,32?,33+,34-,36+,37-,38-,40+,41+,45-,46+/m0/s1. The number of fused-ring (bicyclic) bond motifs is 4. The number of ketones is 2. The van der Waals surface area contributed by atoms with Crippen LogP contribution in [0.1, 0.15) is 119 Å². The van der Waals surface area contributed by atoms with Crippen molar-refractivity contribution in [3.8, 4) is 0 Å². The van der Waals surface area contributed by atoms with Crippen molar-refractivity contribution in [2.45, 2.75) is 167 Å². The molecule has 4 bridgehead atoms. The van der Waals surface area contributed by atoms with Gasteiger partial charge in [-0.1, -0.05) is 51.8 Å². The first kappa shape index (κ1) is 48.7. The molecule has 15 heteroatoms. The Morgan fingerprint density at radius 2 is 1.72 bits per heavy atom. The van der Waals surface area contributed by atoms with E-state index in [-0.39, 0.29) is 68.5 Å². The number of carboxylic acids is 1. The molecule has 0 aromatic heterocycles. The van der Waals surface area contributed by atoms with E-state index < -0.39 is 83.4 Å². The maximum absolute atomic E-state index is 15.0. The number of Topliss-reactive ketones (excluding diaryl/α,β-unsaturated/α-hetero) is 2. The number of allylic oxidation sites excluding steroid dienone is 3. The zero-order chi connectivity index (χ0) is 44.8. The van der Waals surface area contributed by atoms with Gasteiger partial charge in [0.25, 0.3) is 11.7 Å². The lowest BCUT2D eigenvalue weighted by Gasteiger charge is -2.48. The van der Waals surface area contributed by atoms with E-state index in [2.05, 4.69) is 0 Å². The van der Waals surface area contributed by atoms with Crippen molar-refractivity contribution < 1.29 is 63.0 Å². The van der Waals surface area contributed by atoms with Gasteiger partial charge in [-0.2, -0.15) is 0 Å². The average Bonchev–Trinajstić information content (AvgIpc) is 3.22. The summed E-state index contributed by atoms with van der Waals surface area (Å²) in [5, 5.41) is 33.2. The van der Waals surface area contributed by atoms with Crippen molar-refractivity contribution in [2.75, 3.05) is 27.4 Å². The van der Waals surface area contributed by atoms with Crippen molar-refractivity contribution in [3.05, 3.63) is 23.3 Å². The summed E-state index contributed by atoms with van der Waals surface area (Å²) in [6, 6.07) is 0. The lowest BCUT2D eigenvalue weighted by molar-refractivity contribution is -0.302. The Morgan fingerprint density at radius 3 is 2.39 bits per heavy atom. The molecule has 5 rings (SSSR count). The van der Waals surface area contributed by atoms with Gasteiger partial charge < -0.3 is 43.9 Å². The number of methoxy groups -OCH3 is 2. The second-order valence-electron chi connectivity index (χ2n) is 18.6. The van der Waals surface area contributed by atoms with E-state index in [1.807, 2.05) is 39.8 Å². The molecule has 1 aliphatic carbocycles. The number of ether oxygens (including phenoxy) is 5. The van der Waals surface area contributed by atoms with Crippen LogP contribution in [0.2, 0.25) is 0 Å². The fourth-order valence-corrected chi connectivity index (χ4v) is 10.5. The zero-order valence-electron chi connectivity index (χ0n) is 37.4. The predicted molar refractivity (Wildman–Crippen MR) is 224 cm³/mol. The van der Waals surface area contributed by atoms with Crippen LogP contribution in [0.5, 0.6) is 0 Å². The van der Waals surface area contributed by atoms with Crippen LogP contribution in [0.25, 0.3) is 0 Å². The van der Waals surface area contributed by atoms with Crippen LogP contribution in [0.3, 0.4) is 0 Å². The Labute approximate surface area is 360 Å². The van der Waals surface area contributed by atoms with Crippen LogP contribution in [0.15, 0.2) is 28.3 Å². The maximum atomic E-state index is 15.0. The molecule has 1 unspecified atom stereocenters. The number of nitrogens with zero attached hydrogens (tertiary/aromatic N) is 2. The van der Waals surface area contributed by atoms with E-state index in [0.29, 0.717) is 50.5 Å². The molecule has 15 nitrogen and oxygen atoms in total. The molecular weight excluding hydrogens is 789 g/mol. The number of hydrogen-bond donors (Lipinski definition) is 3. The minimum Gasteiger partial charge on any atom is -0.480 e. The highest BCUT2D eigenvalue weighted by Crippen LogP contribution is 2.41. The van der Waals surface area contributed by atoms with E-state index in [4.69, 9.17) is 28.7 Å². The molecule has 0 aromatic carbocycles. The summed E-state index contributed by atoms with van der Waals surface area (Å²) in [6.07, 6.45) is 5.59. The quantitative estimate of drug-likeness (QED) is 0.167. The first-order chi connectivity index (χ1) is 28.9. The third-order valence-electron chi connectivity index (χ3n) is 14.0. The van der Waals surface area contributed by atoms with E-state index in [0.717, 1.165) is 16.9 Å². The number of aliphatic carboxylic acids is 1. The highest BCUT2D eigenvalue weighted by Gasteiger charge is 2.59. The number of hydrogen-bond acceptors (Lipinski definition) is 13. The maximum Gasteiger partial charge on any atom is 0.355 e. The number of rotatable bonds is 8. The summed E-state index contributed by atoms with van der Waals surface area (Å²) < 4.78 is 30.2. The van der Waals surface area contributed by atoms with E-state index in [1.165, 1.54) is 20.4 Å². The number of aliphatic hydroxyl groups excluding tert-OH is 1. The van der Waals surface area contributed by atoms with Gasteiger partial charge >= 0.3 is 11.9 Å². The molecule has 1 spiro atoms. The number of carboxylic acid groups (broad SMARTS) is 1. The number of carbonyl (C=O) groups is 5. The SMILES string of the molecule is CCC1C[C@H](/C=C(\C)[C@H]2OC(=O)[C@]34CCCCN3C(=O)C(=O)[C@]3(O)O[C@H]([C@@H](OC)C[C@@H](C)C/C(C)=C/[C@@H](C/C=N\4)C(=O)C[C@H](O)[C@H]2C)[C@@H](OC)C[C@H]3C)CC[C@H]1OCC(=O)O. The summed E-state index contributed by atoms with van der Waals surface area (Å²) >= 11 is 0. The zero-order valence-corrected chi connectivity index (χ0v) is 37.4. The molecule has 2 saturated heterocycles. The molecule has 5 aliphatic rings. The van der Waals surface area contributed by atoms with Crippen molar-refractivity contribution in [2.24, 2.45) is 40.5 Å². The molecule has 1 saturated carbocycles. The molecule has 342 valence electrons. The van der Waals surface area contributed by atoms with Gasteiger partial charge in [-0.25, -0.2) is 9.59 Å². The van der Waals surface area contributed by atoms with Gasteiger partial charge in [0.2, 0.25) is 11.4 Å². The summed E-state index contributed by atoms with van der Waals surface area (Å²) in [4.78, 5) is 75.7. The van der Waals surface area contributed by atoms with E-state index >= 15 is 4.79 Å². The predicted octanol–water partition coefficient (Wildman–Crippen LogP) is 4.99. The number of cyclic esters (lactones) is 1. The smallest absolute Gasteiger partial charge is 0.355 e. The Bertz CT molecular complexity index is 1700. The van der Waals surface area contributed by atoms with Crippen molar-refractivity contribution in [3.63, 3.8) is 0 Å². The van der Waals surface area contributed by atoms with Gasteiger partial charge in [0, 0.05) is 57.6 Å². The third kappa shape index (κ3) is 10.9. The molecule has 1 amide bonds. The second-order valence-corrected chi connectivity index (χ2v) is 18.6. The molecule has 14 atom stereocenters. The highest BCUT2D eigenvalue weighted by atomic mass is 16.7. The van der Waals surface area contributed by atoms with Crippen LogP contribution in [0.4, 0.5) is 0 Å². The number of aliphatic imine (C=N–C) groups is 1. The van der Waals surface area contributed by atoms with Gasteiger partial charge in [0.05, 0.1) is 24.4 Å². The number of piperidine rings is 1. The minimum absolute atomic E-state index is 0.00621. The highest BCUT2D eigenvalue weighted by molar-refractivity contribution is 6.39. The molecule has 3 N–H and O–H groups in total. The van der Waals surface area contributed by atoms with E-state index in [9.17, 15) is 34.5 Å². The summed E-state index contributed by atoms with van der Waals surface area (Å²) in [5.74, 6) is -9.34. The Balaban J connectivity index is 1.61. The summed E-state index contributed by atoms with van der Waals surface area (Å²) in [6.45, 7) is 10.8. The van der Waals surface area contributed by atoms with Gasteiger partial charge in [-0.05, 0) is 95.0 Å². The van der Waals surface area contributed by atoms with Gasteiger partial charge in [-0.15, -0.1) is 0 Å². The van der Waals surface area contributed by atoms with Crippen molar-refractivity contribution in [1.82, 2.24) is 4.90 Å². The summed E-state index contributed by atoms with van der Waals surface area (Å²) in [5.41, 5.74) is -0.467. The van der Waals surface area contributed by atoms with Crippen LogP contribution in [0, 0.1) is 35.5 Å². The summed E-state index contributed by atoms with van der Waals surface area (Å²) in [7, 11) is 3.04. The van der Waals surface area contributed by atoms with Crippen LogP contribution in [-0.4, -0.2) is 131 Å². The minimum atomic E-state index is -2.58. The van der Waals surface area contributed by atoms with Crippen LogP contribution >= 0.6 is 0 Å². The number of carbonyl (C=O) groups excluding carboxylic acids is 4. The normalized spacial score (nSPS) is 41.4. The monoisotopic (exact) mass is 858 g/mol. The van der Waals surface area contributed by atoms with Crippen LogP contribution in [-0.2, 0) is 47.7 Å². The van der Waals surface area contributed by atoms with Crippen molar-refractivity contribution in [1.29, 1.82) is 0 Å². The molecule has 4 aliphatic heterocycles. The van der Waals surface area contributed by atoms with Gasteiger partial charge in [-0.3, -0.25) is 19.4 Å². The lowest BCUT2D eigenvalue weighted by atomic mass is 9.76. The second kappa shape index (κ2) is 20.9. The molecule has 0 aromatic rings. The molecule has 3 fully saturated rings. The van der Waals surface area contributed by atoms with Gasteiger partial charge in [0.15, 0.2) is 0 Å². The fraction of sp³-hybridized carbons (Fsp3) is 0.783. The lowest BCUT2D eigenvalue weighted by Crippen LogP contribution is -2.67. The first-order valence-corrected chi connectivity index (χ1v) is 22.4. The number of amides is 1. The molecule has 0 radical (unpaired) electrons.